The van der Waals surface area contributed by atoms with Crippen molar-refractivity contribution in [3.8, 4) is 5.69 Å². The SMILES string of the molecule is Nc1ccc(-n2cnc3ccncc32)c2ccccc12. The fourth-order valence-corrected chi connectivity index (χ4v) is 2.56. The number of fused-ring (bicyclic) bond motifs is 2. The minimum absolute atomic E-state index is 0.784. The zero-order chi connectivity index (χ0) is 13.5. The number of hydrogen-bond donors (Lipinski definition) is 1. The van der Waals surface area contributed by atoms with Crippen LogP contribution in [0.2, 0.25) is 0 Å². The summed E-state index contributed by atoms with van der Waals surface area (Å²) in [4.78, 5) is 8.60. The molecule has 0 atom stereocenters. The third kappa shape index (κ3) is 1.48. The van der Waals surface area contributed by atoms with Gasteiger partial charge in [0.2, 0.25) is 0 Å². The van der Waals surface area contributed by atoms with Gasteiger partial charge in [-0.1, -0.05) is 24.3 Å². The molecule has 2 aromatic carbocycles. The molecule has 4 nitrogen and oxygen atoms in total. The van der Waals surface area contributed by atoms with Crippen LogP contribution >= 0.6 is 0 Å². The summed E-state index contributed by atoms with van der Waals surface area (Å²) < 4.78 is 2.05. The Hall–Kier alpha value is -2.88. The van der Waals surface area contributed by atoms with E-state index in [2.05, 4.69) is 16.0 Å². The average Bonchev–Trinajstić information content (AvgIpc) is 2.92. The third-order valence-electron chi connectivity index (χ3n) is 3.54. The number of pyridine rings is 1. The van der Waals surface area contributed by atoms with Crippen molar-refractivity contribution in [2.24, 2.45) is 0 Å². The Bertz CT molecular complexity index is 924. The second-order valence-corrected chi connectivity index (χ2v) is 4.70. The second kappa shape index (κ2) is 4.06. The predicted octanol–water partition coefficient (Wildman–Crippen LogP) is 3.16. The van der Waals surface area contributed by atoms with Crippen LogP contribution in [0.4, 0.5) is 5.69 Å². The molecule has 4 heteroatoms. The molecule has 0 aliphatic heterocycles. The predicted molar refractivity (Wildman–Crippen MR) is 80.8 cm³/mol. The van der Waals surface area contributed by atoms with Crippen molar-refractivity contribution in [1.82, 2.24) is 14.5 Å². The first-order valence-electron chi connectivity index (χ1n) is 6.39. The first-order chi connectivity index (χ1) is 9.84. The van der Waals surface area contributed by atoms with Gasteiger partial charge < -0.3 is 5.73 Å². The molecule has 0 amide bonds. The fraction of sp³-hybridized carbons (Fsp3) is 0. The van der Waals surface area contributed by atoms with Gasteiger partial charge in [0.1, 0.15) is 6.33 Å². The number of aromatic nitrogens is 3. The molecule has 2 aromatic heterocycles. The Morgan fingerprint density at radius 2 is 1.80 bits per heavy atom. The minimum atomic E-state index is 0.784. The molecule has 0 spiro atoms. The minimum Gasteiger partial charge on any atom is -0.398 e. The van der Waals surface area contributed by atoms with Crippen LogP contribution in [0.1, 0.15) is 0 Å². The van der Waals surface area contributed by atoms with E-state index in [1.165, 1.54) is 0 Å². The molecule has 2 heterocycles. The molecule has 2 N–H and O–H groups in total. The van der Waals surface area contributed by atoms with Crippen LogP contribution in [0, 0.1) is 0 Å². The fourth-order valence-electron chi connectivity index (χ4n) is 2.56. The van der Waals surface area contributed by atoms with Crippen molar-refractivity contribution in [2.75, 3.05) is 5.73 Å². The molecule has 4 rings (SSSR count). The van der Waals surface area contributed by atoms with Crippen LogP contribution in [0.3, 0.4) is 0 Å². The quantitative estimate of drug-likeness (QED) is 0.535. The summed E-state index contributed by atoms with van der Waals surface area (Å²) in [7, 11) is 0. The summed E-state index contributed by atoms with van der Waals surface area (Å²) in [5.74, 6) is 0. The normalized spacial score (nSPS) is 11.2. The number of hydrogen-bond acceptors (Lipinski definition) is 3. The molecule has 0 radical (unpaired) electrons. The highest BCUT2D eigenvalue weighted by atomic mass is 15.1. The lowest BCUT2D eigenvalue weighted by atomic mass is 10.1. The number of nitrogens with two attached hydrogens (primary N) is 1. The van der Waals surface area contributed by atoms with Crippen LogP contribution in [-0.4, -0.2) is 14.5 Å². The van der Waals surface area contributed by atoms with Crippen LogP contribution in [0.5, 0.6) is 0 Å². The van der Waals surface area contributed by atoms with E-state index in [1.807, 2.05) is 53.5 Å². The lowest BCUT2D eigenvalue weighted by Crippen LogP contribution is -1.96. The van der Waals surface area contributed by atoms with E-state index in [-0.39, 0.29) is 0 Å². The highest BCUT2D eigenvalue weighted by Gasteiger charge is 2.09. The molecule has 0 unspecified atom stereocenters. The molecule has 0 fully saturated rings. The molecule has 0 saturated heterocycles. The lowest BCUT2D eigenvalue weighted by molar-refractivity contribution is 1.10. The van der Waals surface area contributed by atoms with Crippen molar-refractivity contribution in [3.63, 3.8) is 0 Å². The highest BCUT2D eigenvalue weighted by molar-refractivity contribution is 5.99. The lowest BCUT2D eigenvalue weighted by Gasteiger charge is -2.10. The Morgan fingerprint density at radius 3 is 2.70 bits per heavy atom. The molecular formula is C16H12N4. The van der Waals surface area contributed by atoms with Crippen LogP contribution in [0.15, 0.2) is 61.2 Å². The third-order valence-corrected chi connectivity index (χ3v) is 3.54. The second-order valence-electron chi connectivity index (χ2n) is 4.70. The number of nitrogen functional groups attached to an aromatic ring is 1. The number of imidazole rings is 1. The van der Waals surface area contributed by atoms with Gasteiger partial charge in [0.05, 0.1) is 22.9 Å². The van der Waals surface area contributed by atoms with Gasteiger partial charge in [-0.2, -0.15) is 0 Å². The van der Waals surface area contributed by atoms with Gasteiger partial charge in [0.25, 0.3) is 0 Å². The Kier molecular flexibility index (Phi) is 2.23. The molecule has 96 valence electrons. The van der Waals surface area contributed by atoms with E-state index < -0.39 is 0 Å². The van der Waals surface area contributed by atoms with E-state index >= 15 is 0 Å². The molecule has 0 aliphatic carbocycles. The van der Waals surface area contributed by atoms with E-state index in [4.69, 9.17) is 5.73 Å². The Morgan fingerprint density at radius 1 is 0.950 bits per heavy atom. The van der Waals surface area contributed by atoms with E-state index in [0.29, 0.717) is 0 Å². The first-order valence-corrected chi connectivity index (χ1v) is 6.39. The van der Waals surface area contributed by atoms with Crippen molar-refractivity contribution in [3.05, 3.63) is 61.2 Å². The summed E-state index contributed by atoms with van der Waals surface area (Å²) >= 11 is 0. The zero-order valence-corrected chi connectivity index (χ0v) is 10.7. The molecule has 0 aliphatic rings. The van der Waals surface area contributed by atoms with Crippen LogP contribution in [0.25, 0.3) is 27.5 Å². The van der Waals surface area contributed by atoms with Gasteiger partial charge in [0, 0.05) is 22.7 Å². The standard InChI is InChI=1S/C16H12N4/c17-13-5-6-15(12-4-2-1-3-11(12)13)20-10-19-14-7-8-18-9-16(14)20/h1-10H,17H2. The topological polar surface area (TPSA) is 56.7 Å². The van der Waals surface area contributed by atoms with E-state index in [1.54, 1.807) is 6.20 Å². The molecule has 20 heavy (non-hydrogen) atoms. The molecule has 0 bridgehead atoms. The van der Waals surface area contributed by atoms with Crippen molar-refractivity contribution in [1.29, 1.82) is 0 Å². The van der Waals surface area contributed by atoms with E-state index in [9.17, 15) is 0 Å². The molecular weight excluding hydrogens is 248 g/mol. The summed E-state index contributed by atoms with van der Waals surface area (Å²) in [6, 6.07) is 14.0. The van der Waals surface area contributed by atoms with Crippen molar-refractivity contribution >= 4 is 27.5 Å². The average molecular weight is 260 g/mol. The van der Waals surface area contributed by atoms with Gasteiger partial charge in [-0.15, -0.1) is 0 Å². The van der Waals surface area contributed by atoms with Gasteiger partial charge in [-0.05, 0) is 18.2 Å². The van der Waals surface area contributed by atoms with Gasteiger partial charge >= 0.3 is 0 Å². The maximum Gasteiger partial charge on any atom is 0.100 e. The van der Waals surface area contributed by atoms with Gasteiger partial charge in [-0.25, -0.2) is 4.98 Å². The number of benzene rings is 2. The Balaban J connectivity index is 2.10. The van der Waals surface area contributed by atoms with Crippen LogP contribution < -0.4 is 5.73 Å². The Labute approximate surface area is 115 Å². The first kappa shape index (κ1) is 11.0. The summed E-state index contributed by atoms with van der Waals surface area (Å²) in [6.07, 6.45) is 5.40. The summed E-state index contributed by atoms with van der Waals surface area (Å²) in [6.45, 7) is 0. The number of rotatable bonds is 1. The highest BCUT2D eigenvalue weighted by Crippen LogP contribution is 2.28. The summed E-state index contributed by atoms with van der Waals surface area (Å²) in [5, 5.41) is 2.16. The largest absolute Gasteiger partial charge is 0.398 e. The van der Waals surface area contributed by atoms with Crippen LogP contribution in [-0.2, 0) is 0 Å². The summed E-state index contributed by atoms with van der Waals surface area (Å²) in [5.41, 5.74) is 9.82. The maximum atomic E-state index is 6.05. The zero-order valence-electron chi connectivity index (χ0n) is 10.7. The van der Waals surface area contributed by atoms with E-state index in [0.717, 1.165) is 33.2 Å². The van der Waals surface area contributed by atoms with Crippen molar-refractivity contribution in [2.45, 2.75) is 0 Å². The number of anilines is 1. The van der Waals surface area contributed by atoms with Gasteiger partial charge in [0.15, 0.2) is 0 Å². The molecule has 0 saturated carbocycles. The van der Waals surface area contributed by atoms with Crippen molar-refractivity contribution < 1.29 is 0 Å². The monoisotopic (exact) mass is 260 g/mol. The number of nitrogens with zero attached hydrogens (tertiary/aromatic N) is 3. The smallest absolute Gasteiger partial charge is 0.100 e. The maximum absolute atomic E-state index is 6.05. The van der Waals surface area contributed by atoms with Gasteiger partial charge in [-0.3, -0.25) is 9.55 Å². The molecule has 4 aromatic rings.